The minimum Gasteiger partial charge on any atom is -0.355 e. The molecule has 1 aliphatic rings. The lowest BCUT2D eigenvalue weighted by Gasteiger charge is -1.95. The summed E-state index contributed by atoms with van der Waals surface area (Å²) in [6, 6.07) is 13.3. The number of ether oxygens (including phenoxy) is 1. The number of benzene rings is 1. The van der Waals surface area contributed by atoms with Gasteiger partial charge >= 0.3 is 0 Å². The number of ketones is 1. The molecule has 0 bridgehead atoms. The topological polar surface area (TPSA) is 29.6 Å². The second kappa shape index (κ2) is 3.85. The predicted octanol–water partition coefficient (Wildman–Crippen LogP) is 3.07. The van der Waals surface area contributed by atoms with Crippen molar-refractivity contribution in [2.24, 2.45) is 0 Å². The van der Waals surface area contributed by atoms with Crippen molar-refractivity contribution in [1.29, 1.82) is 0 Å². The lowest BCUT2D eigenvalue weighted by molar-refractivity contribution is 0.0953. The Hall–Kier alpha value is -1.45. The van der Waals surface area contributed by atoms with Crippen LogP contribution in [-0.2, 0) is 4.74 Å². The van der Waals surface area contributed by atoms with E-state index < -0.39 is 0 Å². The van der Waals surface area contributed by atoms with Crippen LogP contribution in [0.5, 0.6) is 0 Å². The summed E-state index contributed by atoms with van der Waals surface area (Å²) in [7, 11) is 0. The van der Waals surface area contributed by atoms with Crippen LogP contribution >= 0.6 is 11.3 Å². The zero-order valence-electron chi connectivity index (χ0n) is 8.50. The summed E-state index contributed by atoms with van der Waals surface area (Å²) in [4.78, 5) is 13.1. The van der Waals surface area contributed by atoms with Crippen LogP contribution in [0.15, 0.2) is 47.8 Å². The average Bonchev–Trinajstić information content (AvgIpc) is 2.95. The summed E-state index contributed by atoms with van der Waals surface area (Å²) < 4.78 is 5.44. The number of thiophene rings is 1. The molecule has 0 aliphatic carbocycles. The molecule has 1 saturated heterocycles. The van der Waals surface area contributed by atoms with E-state index in [1.807, 2.05) is 47.8 Å². The Bertz CT molecular complexity index is 490. The lowest BCUT2D eigenvalue weighted by Crippen LogP contribution is -2.07. The van der Waals surface area contributed by atoms with E-state index in [-0.39, 0.29) is 18.0 Å². The van der Waals surface area contributed by atoms with Gasteiger partial charge in [0.2, 0.25) is 0 Å². The summed E-state index contributed by atoms with van der Waals surface area (Å²) >= 11 is 1.63. The Kier molecular flexibility index (Phi) is 2.35. The highest BCUT2D eigenvalue weighted by atomic mass is 32.1. The van der Waals surface area contributed by atoms with E-state index in [2.05, 4.69) is 0 Å². The van der Waals surface area contributed by atoms with Crippen LogP contribution in [0, 0.1) is 0 Å². The molecule has 0 amide bonds. The normalized spacial score (nSPS) is 23.0. The minimum atomic E-state index is -0.277. The van der Waals surface area contributed by atoms with Crippen molar-refractivity contribution in [1.82, 2.24) is 0 Å². The van der Waals surface area contributed by atoms with E-state index >= 15 is 0 Å². The summed E-state index contributed by atoms with van der Waals surface area (Å²) in [6.45, 7) is 0. The molecule has 0 saturated carbocycles. The molecule has 2 aromatic rings. The summed E-state index contributed by atoms with van der Waals surface area (Å²) in [5.41, 5.74) is 0.728. The van der Waals surface area contributed by atoms with Gasteiger partial charge in [0, 0.05) is 10.4 Å². The van der Waals surface area contributed by atoms with Gasteiger partial charge in [-0.1, -0.05) is 36.4 Å². The van der Waals surface area contributed by atoms with E-state index in [4.69, 9.17) is 4.74 Å². The van der Waals surface area contributed by atoms with Gasteiger partial charge in [-0.3, -0.25) is 4.79 Å². The van der Waals surface area contributed by atoms with Gasteiger partial charge in [-0.15, -0.1) is 11.3 Å². The molecule has 1 fully saturated rings. The van der Waals surface area contributed by atoms with Crippen molar-refractivity contribution in [3.05, 3.63) is 58.3 Å². The van der Waals surface area contributed by atoms with Crippen LogP contribution in [0.2, 0.25) is 0 Å². The maximum atomic E-state index is 12.0. The standard InChI is InChI=1S/C13H10O2S/c14-11(9-5-2-1-3-6-9)13-12(15-13)10-7-4-8-16-10/h1-8,12-13H/t12-,13-/m0/s1. The molecule has 2 atom stereocenters. The van der Waals surface area contributed by atoms with Crippen molar-refractivity contribution in [3.8, 4) is 0 Å². The second-order valence-corrected chi connectivity index (χ2v) is 4.70. The van der Waals surface area contributed by atoms with Crippen LogP contribution in [-0.4, -0.2) is 11.9 Å². The number of carbonyl (C=O) groups excluding carboxylic acids is 1. The summed E-state index contributed by atoms with van der Waals surface area (Å²) in [6.07, 6.45) is -0.297. The smallest absolute Gasteiger partial charge is 0.194 e. The van der Waals surface area contributed by atoms with E-state index in [1.54, 1.807) is 11.3 Å². The lowest BCUT2D eigenvalue weighted by atomic mass is 10.1. The third kappa shape index (κ3) is 1.68. The van der Waals surface area contributed by atoms with Gasteiger partial charge in [0.1, 0.15) is 6.10 Å². The van der Waals surface area contributed by atoms with Crippen LogP contribution < -0.4 is 0 Å². The Morgan fingerprint density at radius 3 is 2.62 bits per heavy atom. The molecule has 0 N–H and O–H groups in total. The molecule has 2 nitrogen and oxygen atoms in total. The third-order valence-corrected chi connectivity index (χ3v) is 3.57. The SMILES string of the molecule is O=C(c1ccccc1)[C@@H]1O[C@H]1c1cccs1. The number of rotatable bonds is 3. The maximum Gasteiger partial charge on any atom is 0.194 e. The van der Waals surface area contributed by atoms with Gasteiger partial charge in [-0.2, -0.15) is 0 Å². The van der Waals surface area contributed by atoms with Crippen LogP contribution in [0.25, 0.3) is 0 Å². The van der Waals surface area contributed by atoms with Gasteiger partial charge < -0.3 is 4.74 Å². The van der Waals surface area contributed by atoms with E-state index in [1.165, 1.54) is 0 Å². The quantitative estimate of drug-likeness (QED) is 0.599. The van der Waals surface area contributed by atoms with E-state index in [0.29, 0.717) is 0 Å². The monoisotopic (exact) mass is 230 g/mol. The first kappa shape index (κ1) is 9.75. The van der Waals surface area contributed by atoms with Gasteiger partial charge in [0.05, 0.1) is 0 Å². The summed E-state index contributed by atoms with van der Waals surface area (Å²) in [5, 5.41) is 2.00. The zero-order valence-corrected chi connectivity index (χ0v) is 9.31. The highest BCUT2D eigenvalue weighted by Crippen LogP contribution is 2.42. The van der Waals surface area contributed by atoms with Crippen molar-refractivity contribution in [2.75, 3.05) is 0 Å². The fourth-order valence-electron chi connectivity index (χ4n) is 1.75. The van der Waals surface area contributed by atoms with Crippen LogP contribution in [0.3, 0.4) is 0 Å². The van der Waals surface area contributed by atoms with Gasteiger partial charge in [0.15, 0.2) is 11.9 Å². The Morgan fingerprint density at radius 1 is 1.12 bits per heavy atom. The predicted molar refractivity (Wildman–Crippen MR) is 62.7 cm³/mol. The molecule has 80 valence electrons. The molecule has 1 aromatic carbocycles. The molecular formula is C13H10O2S. The first-order valence-corrected chi connectivity index (χ1v) is 6.02. The fraction of sp³-hybridized carbons (Fsp3) is 0.154. The second-order valence-electron chi connectivity index (χ2n) is 3.72. The first-order valence-electron chi connectivity index (χ1n) is 5.14. The molecule has 1 aliphatic heterocycles. The molecule has 0 spiro atoms. The fourth-order valence-corrected chi connectivity index (χ4v) is 2.53. The van der Waals surface area contributed by atoms with Crippen molar-refractivity contribution < 1.29 is 9.53 Å². The third-order valence-electron chi connectivity index (χ3n) is 2.63. The van der Waals surface area contributed by atoms with Crippen molar-refractivity contribution in [2.45, 2.75) is 12.2 Å². The number of hydrogen-bond donors (Lipinski definition) is 0. The van der Waals surface area contributed by atoms with Gasteiger partial charge in [0.25, 0.3) is 0 Å². The van der Waals surface area contributed by atoms with Gasteiger partial charge in [-0.25, -0.2) is 0 Å². The average molecular weight is 230 g/mol. The number of epoxide rings is 1. The molecule has 16 heavy (non-hydrogen) atoms. The Labute approximate surface area is 97.5 Å². The Morgan fingerprint density at radius 2 is 1.94 bits per heavy atom. The molecule has 3 heteroatoms. The van der Waals surface area contributed by atoms with Crippen molar-refractivity contribution >= 4 is 17.1 Å². The van der Waals surface area contributed by atoms with Gasteiger partial charge in [-0.05, 0) is 11.4 Å². The number of Topliss-reactive ketones (excluding diaryl/α,β-unsaturated/α-hetero) is 1. The highest BCUT2D eigenvalue weighted by molar-refractivity contribution is 7.10. The largest absolute Gasteiger partial charge is 0.355 e. The summed E-state index contributed by atoms with van der Waals surface area (Å²) in [5.74, 6) is 0.0824. The molecule has 1 aromatic heterocycles. The maximum absolute atomic E-state index is 12.0. The highest BCUT2D eigenvalue weighted by Gasteiger charge is 2.46. The Balaban J connectivity index is 1.76. The number of carbonyl (C=O) groups is 1. The van der Waals surface area contributed by atoms with E-state index in [9.17, 15) is 4.79 Å². The van der Waals surface area contributed by atoms with Crippen LogP contribution in [0.1, 0.15) is 21.3 Å². The van der Waals surface area contributed by atoms with Crippen LogP contribution in [0.4, 0.5) is 0 Å². The first-order chi connectivity index (χ1) is 7.86. The molecule has 2 heterocycles. The molecule has 0 unspecified atom stereocenters. The molecule has 0 radical (unpaired) electrons. The van der Waals surface area contributed by atoms with E-state index in [0.717, 1.165) is 10.4 Å². The molecular weight excluding hydrogens is 220 g/mol. The van der Waals surface area contributed by atoms with Crippen molar-refractivity contribution in [3.63, 3.8) is 0 Å². The zero-order chi connectivity index (χ0) is 11.0. The number of hydrogen-bond acceptors (Lipinski definition) is 3. The molecule has 3 rings (SSSR count). The minimum absolute atomic E-state index is 0.0206.